The highest BCUT2D eigenvalue weighted by atomic mass is 16.5. The molecule has 1 aliphatic rings. The second-order valence-electron chi connectivity index (χ2n) is 7.73. The second kappa shape index (κ2) is 8.15. The molecule has 0 aliphatic heterocycles. The SMILES string of the molecule is CC1CCC(C(C)C)C(OCCC(C)(C#N)NC(C)C)C1. The van der Waals surface area contributed by atoms with E-state index in [0.717, 1.165) is 12.3 Å². The van der Waals surface area contributed by atoms with E-state index in [1.54, 1.807) is 0 Å². The van der Waals surface area contributed by atoms with Crippen molar-refractivity contribution in [2.45, 2.75) is 84.9 Å². The Hall–Kier alpha value is -0.590. The van der Waals surface area contributed by atoms with E-state index >= 15 is 0 Å². The van der Waals surface area contributed by atoms with Gasteiger partial charge in [0.05, 0.1) is 12.2 Å². The van der Waals surface area contributed by atoms with Crippen LogP contribution < -0.4 is 5.32 Å². The van der Waals surface area contributed by atoms with Crippen LogP contribution in [0.5, 0.6) is 0 Å². The molecule has 1 fully saturated rings. The zero-order chi connectivity index (χ0) is 16.0. The van der Waals surface area contributed by atoms with E-state index in [1.807, 2.05) is 6.92 Å². The first-order valence-electron chi connectivity index (χ1n) is 8.58. The third-order valence-electron chi connectivity index (χ3n) is 4.75. The van der Waals surface area contributed by atoms with Gasteiger partial charge in [0.25, 0.3) is 0 Å². The third-order valence-corrected chi connectivity index (χ3v) is 4.75. The fourth-order valence-electron chi connectivity index (χ4n) is 3.52. The molecule has 1 aliphatic carbocycles. The zero-order valence-electron chi connectivity index (χ0n) is 14.8. The van der Waals surface area contributed by atoms with E-state index in [1.165, 1.54) is 19.3 Å². The Bertz CT molecular complexity index is 348. The van der Waals surface area contributed by atoms with Crippen molar-refractivity contribution < 1.29 is 4.74 Å². The number of rotatable bonds is 7. The first-order chi connectivity index (χ1) is 9.77. The molecule has 3 nitrogen and oxygen atoms in total. The number of hydrogen-bond donors (Lipinski definition) is 1. The first-order valence-corrected chi connectivity index (χ1v) is 8.58. The minimum atomic E-state index is -0.484. The standard InChI is InChI=1S/C18H34N2O/c1-13(2)16-8-7-15(5)11-17(16)21-10-9-18(6,12-19)20-14(3)4/h13-17,20H,7-11H2,1-6H3. The summed E-state index contributed by atoms with van der Waals surface area (Å²) in [5.74, 6) is 2.12. The molecule has 0 radical (unpaired) electrons. The lowest BCUT2D eigenvalue weighted by atomic mass is 9.75. The Kier molecular flexibility index (Phi) is 7.16. The summed E-state index contributed by atoms with van der Waals surface area (Å²) >= 11 is 0. The van der Waals surface area contributed by atoms with Gasteiger partial charge in [-0.25, -0.2) is 0 Å². The van der Waals surface area contributed by atoms with Gasteiger partial charge in [-0.15, -0.1) is 0 Å². The number of hydrogen-bond acceptors (Lipinski definition) is 3. The van der Waals surface area contributed by atoms with E-state index in [-0.39, 0.29) is 0 Å². The van der Waals surface area contributed by atoms with Crippen molar-refractivity contribution in [3.63, 3.8) is 0 Å². The number of nitriles is 1. The molecular formula is C18H34N2O. The monoisotopic (exact) mass is 294 g/mol. The summed E-state index contributed by atoms with van der Waals surface area (Å²) in [6.45, 7) is 13.7. The highest BCUT2D eigenvalue weighted by molar-refractivity contribution is 5.04. The number of nitrogens with zero attached hydrogens (tertiary/aromatic N) is 1. The van der Waals surface area contributed by atoms with Gasteiger partial charge in [-0.2, -0.15) is 5.26 Å². The van der Waals surface area contributed by atoms with Gasteiger partial charge in [0.1, 0.15) is 5.54 Å². The molecule has 0 aromatic heterocycles. The largest absolute Gasteiger partial charge is 0.378 e. The highest BCUT2D eigenvalue weighted by Crippen LogP contribution is 2.35. The van der Waals surface area contributed by atoms with Crippen LogP contribution in [0.4, 0.5) is 0 Å². The van der Waals surface area contributed by atoms with Crippen LogP contribution in [0.1, 0.15) is 67.2 Å². The van der Waals surface area contributed by atoms with Crippen LogP contribution in [0.2, 0.25) is 0 Å². The number of nitrogens with one attached hydrogen (secondary N) is 1. The van der Waals surface area contributed by atoms with E-state index in [0.29, 0.717) is 30.6 Å². The fourth-order valence-corrected chi connectivity index (χ4v) is 3.52. The van der Waals surface area contributed by atoms with Crippen LogP contribution >= 0.6 is 0 Å². The summed E-state index contributed by atoms with van der Waals surface area (Å²) in [6.07, 6.45) is 4.90. The van der Waals surface area contributed by atoms with Gasteiger partial charge in [-0.1, -0.05) is 27.2 Å². The molecule has 0 heterocycles. The van der Waals surface area contributed by atoms with Gasteiger partial charge in [-0.3, -0.25) is 5.32 Å². The summed E-state index contributed by atoms with van der Waals surface area (Å²) in [4.78, 5) is 0. The molecule has 0 aromatic rings. The van der Waals surface area contributed by atoms with Crippen LogP contribution in [-0.4, -0.2) is 24.3 Å². The van der Waals surface area contributed by atoms with Crippen molar-refractivity contribution in [1.29, 1.82) is 5.26 Å². The van der Waals surface area contributed by atoms with E-state index in [9.17, 15) is 5.26 Å². The van der Waals surface area contributed by atoms with Crippen molar-refractivity contribution in [2.75, 3.05) is 6.61 Å². The maximum atomic E-state index is 9.39. The lowest BCUT2D eigenvalue weighted by Crippen LogP contribution is -2.46. The maximum absolute atomic E-state index is 9.39. The smallest absolute Gasteiger partial charge is 0.106 e. The van der Waals surface area contributed by atoms with Crippen molar-refractivity contribution in [3.8, 4) is 6.07 Å². The van der Waals surface area contributed by atoms with Gasteiger partial charge < -0.3 is 4.74 Å². The van der Waals surface area contributed by atoms with Crippen LogP contribution in [0.3, 0.4) is 0 Å². The van der Waals surface area contributed by atoms with Crippen molar-refractivity contribution in [2.24, 2.45) is 17.8 Å². The van der Waals surface area contributed by atoms with Gasteiger partial charge in [0.15, 0.2) is 0 Å². The molecule has 0 aromatic carbocycles. The molecule has 1 N–H and O–H groups in total. The zero-order valence-corrected chi connectivity index (χ0v) is 14.8. The van der Waals surface area contributed by atoms with Gasteiger partial charge in [-0.05, 0) is 51.4 Å². The van der Waals surface area contributed by atoms with Gasteiger partial charge in [0, 0.05) is 19.1 Å². The Balaban J connectivity index is 2.50. The third kappa shape index (κ3) is 5.96. The molecule has 122 valence electrons. The summed E-state index contributed by atoms with van der Waals surface area (Å²) in [5, 5.41) is 12.7. The molecule has 4 unspecified atom stereocenters. The van der Waals surface area contributed by atoms with Gasteiger partial charge >= 0.3 is 0 Å². The molecule has 0 bridgehead atoms. The van der Waals surface area contributed by atoms with Crippen LogP contribution in [0, 0.1) is 29.1 Å². The quantitative estimate of drug-likeness (QED) is 0.767. The topological polar surface area (TPSA) is 45.0 Å². The fraction of sp³-hybridized carbons (Fsp3) is 0.944. The summed E-state index contributed by atoms with van der Waals surface area (Å²) in [7, 11) is 0. The van der Waals surface area contributed by atoms with Crippen LogP contribution in [0.25, 0.3) is 0 Å². The normalized spacial score (nSPS) is 29.4. The van der Waals surface area contributed by atoms with Gasteiger partial charge in [0.2, 0.25) is 0 Å². The van der Waals surface area contributed by atoms with E-state index in [4.69, 9.17) is 4.74 Å². The van der Waals surface area contributed by atoms with Crippen molar-refractivity contribution in [3.05, 3.63) is 0 Å². The lowest BCUT2D eigenvalue weighted by Gasteiger charge is -2.37. The molecule has 1 rings (SSSR count). The molecule has 21 heavy (non-hydrogen) atoms. The summed E-state index contributed by atoms with van der Waals surface area (Å²) in [5.41, 5.74) is -0.484. The Morgan fingerprint density at radius 1 is 1.29 bits per heavy atom. The average Bonchev–Trinajstić information content (AvgIpc) is 2.37. The average molecular weight is 294 g/mol. The lowest BCUT2D eigenvalue weighted by molar-refractivity contribution is -0.0426. The Morgan fingerprint density at radius 2 is 1.95 bits per heavy atom. The maximum Gasteiger partial charge on any atom is 0.106 e. The Morgan fingerprint density at radius 3 is 2.48 bits per heavy atom. The molecule has 3 heteroatoms. The molecule has 0 saturated heterocycles. The molecular weight excluding hydrogens is 260 g/mol. The summed E-state index contributed by atoms with van der Waals surface area (Å²) in [6, 6.07) is 2.71. The van der Waals surface area contributed by atoms with Crippen molar-refractivity contribution in [1.82, 2.24) is 5.32 Å². The second-order valence-corrected chi connectivity index (χ2v) is 7.73. The molecule has 0 amide bonds. The highest BCUT2D eigenvalue weighted by Gasteiger charge is 2.32. The minimum absolute atomic E-state index is 0.313. The minimum Gasteiger partial charge on any atom is -0.378 e. The molecule has 4 atom stereocenters. The van der Waals surface area contributed by atoms with E-state index in [2.05, 4.69) is 46.0 Å². The molecule has 0 spiro atoms. The summed E-state index contributed by atoms with van der Waals surface area (Å²) < 4.78 is 6.22. The van der Waals surface area contributed by atoms with Crippen molar-refractivity contribution >= 4 is 0 Å². The van der Waals surface area contributed by atoms with Crippen LogP contribution in [0.15, 0.2) is 0 Å². The predicted octanol–water partition coefficient (Wildman–Crippen LogP) is 4.13. The molecule has 1 saturated carbocycles. The number of ether oxygens (including phenoxy) is 1. The first kappa shape index (κ1) is 18.5. The Labute approximate surface area is 131 Å². The van der Waals surface area contributed by atoms with E-state index < -0.39 is 5.54 Å². The van der Waals surface area contributed by atoms with Crippen LogP contribution in [-0.2, 0) is 4.74 Å². The predicted molar refractivity (Wildman–Crippen MR) is 88.0 cm³/mol.